The minimum absolute atomic E-state index is 0.0289. The highest BCUT2D eigenvalue weighted by Crippen LogP contribution is 2.40. The summed E-state index contributed by atoms with van der Waals surface area (Å²) in [5.41, 5.74) is 2.13. The second kappa shape index (κ2) is 10.1. The quantitative estimate of drug-likeness (QED) is 0.265. The second-order valence-corrected chi connectivity index (χ2v) is 8.69. The van der Waals surface area contributed by atoms with Gasteiger partial charge in [-0.25, -0.2) is 4.79 Å². The third-order valence-corrected chi connectivity index (χ3v) is 6.18. The van der Waals surface area contributed by atoms with Crippen LogP contribution in [0.3, 0.4) is 0 Å². The van der Waals surface area contributed by atoms with Crippen LogP contribution in [0.1, 0.15) is 51.4 Å². The number of ketones is 1. The monoisotopic (exact) mass is 496 g/mol. The van der Waals surface area contributed by atoms with Crippen LogP contribution in [0.5, 0.6) is 0 Å². The molecule has 2 aromatic carbocycles. The first-order valence-electron chi connectivity index (χ1n) is 11.9. The molecule has 37 heavy (non-hydrogen) atoms. The number of aromatic nitrogens is 1. The Morgan fingerprint density at radius 3 is 2.57 bits per heavy atom. The summed E-state index contributed by atoms with van der Waals surface area (Å²) in [6.07, 6.45) is 3.87. The lowest BCUT2D eigenvalue weighted by Crippen LogP contribution is -2.30. The summed E-state index contributed by atoms with van der Waals surface area (Å²) in [5, 5.41) is 11.6. The van der Waals surface area contributed by atoms with E-state index in [1.54, 1.807) is 67.0 Å². The summed E-state index contributed by atoms with van der Waals surface area (Å²) in [4.78, 5) is 44.5. The van der Waals surface area contributed by atoms with Crippen molar-refractivity contribution in [2.24, 2.45) is 0 Å². The molecule has 0 spiro atoms. The van der Waals surface area contributed by atoms with E-state index >= 15 is 0 Å². The molecular weight excluding hydrogens is 472 g/mol. The number of pyridine rings is 1. The molecule has 1 N–H and O–H groups in total. The second-order valence-electron chi connectivity index (χ2n) is 8.69. The Morgan fingerprint density at radius 2 is 1.86 bits per heavy atom. The highest BCUT2D eigenvalue weighted by Gasteiger charge is 2.44. The average Bonchev–Trinajstić information content (AvgIpc) is 3.47. The molecule has 8 nitrogen and oxygen atoms in total. The number of esters is 1. The maximum atomic E-state index is 13.6. The predicted molar refractivity (Wildman–Crippen MR) is 135 cm³/mol. The number of furan rings is 1. The van der Waals surface area contributed by atoms with Gasteiger partial charge in [0.05, 0.1) is 23.8 Å². The number of nitrogens with zero attached hydrogens (tertiary/aromatic N) is 2. The van der Waals surface area contributed by atoms with Crippen molar-refractivity contribution in [3.63, 3.8) is 0 Å². The Bertz CT molecular complexity index is 1470. The molecule has 0 aliphatic carbocycles. The van der Waals surface area contributed by atoms with Crippen molar-refractivity contribution in [3.8, 4) is 0 Å². The van der Waals surface area contributed by atoms with Gasteiger partial charge in [-0.2, -0.15) is 0 Å². The molecular formula is C29H24N2O6. The summed E-state index contributed by atoms with van der Waals surface area (Å²) in [5.74, 6) is -2.27. The van der Waals surface area contributed by atoms with Crippen molar-refractivity contribution in [3.05, 3.63) is 113 Å². The van der Waals surface area contributed by atoms with E-state index in [4.69, 9.17) is 9.15 Å². The van der Waals surface area contributed by atoms with Gasteiger partial charge in [-0.1, -0.05) is 43.3 Å². The maximum absolute atomic E-state index is 13.6. The highest BCUT2D eigenvalue weighted by atomic mass is 16.5. The number of fused-ring (bicyclic) bond motifs is 1. The van der Waals surface area contributed by atoms with Crippen LogP contribution in [-0.2, 0) is 16.1 Å². The van der Waals surface area contributed by atoms with Crippen LogP contribution < -0.4 is 0 Å². The Labute approximate surface area is 212 Å². The molecule has 0 radical (unpaired) electrons. The fourth-order valence-electron chi connectivity index (χ4n) is 4.38. The van der Waals surface area contributed by atoms with Crippen LogP contribution in [0.4, 0.5) is 0 Å². The van der Waals surface area contributed by atoms with Gasteiger partial charge in [0.15, 0.2) is 11.5 Å². The van der Waals surface area contributed by atoms with Crippen LogP contribution in [0.15, 0.2) is 94.9 Å². The Balaban J connectivity index is 1.47. The van der Waals surface area contributed by atoms with Gasteiger partial charge >= 0.3 is 5.97 Å². The topological polar surface area (TPSA) is 110 Å². The van der Waals surface area contributed by atoms with E-state index in [0.29, 0.717) is 28.9 Å². The zero-order valence-corrected chi connectivity index (χ0v) is 20.1. The van der Waals surface area contributed by atoms with E-state index in [-0.39, 0.29) is 17.9 Å². The molecule has 0 bridgehead atoms. The predicted octanol–water partition coefficient (Wildman–Crippen LogP) is 5.17. The number of benzene rings is 2. The van der Waals surface area contributed by atoms with Crippen molar-refractivity contribution in [2.75, 3.05) is 6.61 Å². The maximum Gasteiger partial charge on any atom is 0.338 e. The molecule has 4 aromatic rings. The van der Waals surface area contributed by atoms with E-state index in [2.05, 4.69) is 4.98 Å². The lowest BCUT2D eigenvalue weighted by atomic mass is 9.96. The molecule has 1 unspecified atom stereocenters. The number of carbonyl (C=O) groups excluding carboxylic acids is 3. The molecule has 1 amide bonds. The van der Waals surface area contributed by atoms with Crippen molar-refractivity contribution in [2.45, 2.75) is 25.9 Å². The number of carbonyl (C=O) groups is 3. The fourth-order valence-corrected chi connectivity index (χ4v) is 4.38. The van der Waals surface area contributed by atoms with Gasteiger partial charge in [0.2, 0.25) is 5.78 Å². The van der Waals surface area contributed by atoms with E-state index in [9.17, 15) is 19.5 Å². The number of para-hydroxylation sites is 1. The first-order valence-corrected chi connectivity index (χ1v) is 11.9. The SMILES string of the molecule is CCCOC(=O)c1ccc(CN2C(=O)C(O)=C(C(=O)c3cc4ccccc4o3)C2c2cccnc2)cc1. The molecule has 0 saturated heterocycles. The molecule has 186 valence electrons. The number of hydrogen-bond acceptors (Lipinski definition) is 7. The van der Waals surface area contributed by atoms with Crippen molar-refractivity contribution in [1.82, 2.24) is 9.88 Å². The number of Topliss-reactive ketones (excluding diaryl/α,β-unsaturated/α-hetero) is 1. The van der Waals surface area contributed by atoms with Crippen molar-refractivity contribution < 1.29 is 28.6 Å². The number of hydrogen-bond donors (Lipinski definition) is 1. The normalized spacial score (nSPS) is 15.4. The van der Waals surface area contributed by atoms with Crippen LogP contribution in [0, 0.1) is 0 Å². The van der Waals surface area contributed by atoms with Gasteiger partial charge in [0.1, 0.15) is 5.58 Å². The van der Waals surface area contributed by atoms with Gasteiger partial charge in [0.25, 0.3) is 5.91 Å². The highest BCUT2D eigenvalue weighted by molar-refractivity contribution is 6.16. The van der Waals surface area contributed by atoms with E-state index in [0.717, 1.165) is 11.8 Å². The van der Waals surface area contributed by atoms with Gasteiger partial charge in [-0.15, -0.1) is 0 Å². The Hall–Kier alpha value is -4.72. The third kappa shape index (κ3) is 4.61. The zero-order chi connectivity index (χ0) is 25.9. The average molecular weight is 497 g/mol. The Kier molecular flexibility index (Phi) is 6.55. The molecule has 0 fully saturated rings. The lowest BCUT2D eigenvalue weighted by Gasteiger charge is -2.26. The minimum Gasteiger partial charge on any atom is -0.503 e. The van der Waals surface area contributed by atoms with Crippen molar-refractivity contribution >= 4 is 28.6 Å². The van der Waals surface area contributed by atoms with Gasteiger partial charge in [0, 0.05) is 24.3 Å². The van der Waals surface area contributed by atoms with Gasteiger partial charge < -0.3 is 19.2 Å². The molecule has 5 rings (SSSR count). The number of aliphatic hydroxyl groups excluding tert-OH is 1. The van der Waals surface area contributed by atoms with Crippen LogP contribution >= 0.6 is 0 Å². The summed E-state index contributed by atoms with van der Waals surface area (Å²) in [6, 6.07) is 18.0. The first-order chi connectivity index (χ1) is 18.0. The molecule has 1 atom stereocenters. The molecule has 3 heterocycles. The van der Waals surface area contributed by atoms with E-state index < -0.39 is 29.5 Å². The van der Waals surface area contributed by atoms with Gasteiger partial charge in [-0.3, -0.25) is 14.6 Å². The Morgan fingerprint density at radius 1 is 1.08 bits per heavy atom. The smallest absolute Gasteiger partial charge is 0.338 e. The van der Waals surface area contributed by atoms with E-state index in [1.807, 2.05) is 19.1 Å². The molecule has 1 aliphatic rings. The summed E-state index contributed by atoms with van der Waals surface area (Å²) in [7, 11) is 0. The summed E-state index contributed by atoms with van der Waals surface area (Å²) in [6.45, 7) is 2.34. The molecule has 8 heteroatoms. The standard InChI is InChI=1S/C29H24N2O6/c1-2-14-36-29(35)19-11-9-18(10-12-19)17-31-25(21-7-5-13-30-16-21)24(27(33)28(31)34)26(32)23-15-20-6-3-4-8-22(20)37-23/h3-13,15-16,25,33H,2,14,17H2,1H3. The number of amides is 1. The minimum atomic E-state index is -0.879. The van der Waals surface area contributed by atoms with Crippen molar-refractivity contribution in [1.29, 1.82) is 0 Å². The van der Waals surface area contributed by atoms with Crippen LogP contribution in [-0.4, -0.2) is 39.3 Å². The zero-order valence-electron chi connectivity index (χ0n) is 20.1. The van der Waals surface area contributed by atoms with E-state index in [1.165, 1.54) is 4.90 Å². The first kappa shape index (κ1) is 24.0. The number of aliphatic hydroxyl groups is 1. The number of rotatable bonds is 8. The number of ether oxygens (including phenoxy) is 1. The summed E-state index contributed by atoms with van der Waals surface area (Å²) < 4.78 is 10.9. The van der Waals surface area contributed by atoms with Crippen LogP contribution in [0.2, 0.25) is 0 Å². The van der Waals surface area contributed by atoms with Gasteiger partial charge in [-0.05, 0) is 47.9 Å². The van der Waals surface area contributed by atoms with Crippen LogP contribution in [0.25, 0.3) is 11.0 Å². The molecule has 2 aromatic heterocycles. The molecule has 0 saturated carbocycles. The third-order valence-electron chi connectivity index (χ3n) is 6.18. The molecule has 1 aliphatic heterocycles. The fraction of sp³-hybridized carbons (Fsp3) is 0.172. The summed E-state index contributed by atoms with van der Waals surface area (Å²) >= 11 is 0. The lowest BCUT2D eigenvalue weighted by molar-refractivity contribution is -0.130. The largest absolute Gasteiger partial charge is 0.503 e.